The first-order valence-electron chi connectivity index (χ1n) is 18.4. The predicted molar refractivity (Wildman–Crippen MR) is 188 cm³/mol. The van der Waals surface area contributed by atoms with E-state index in [4.69, 9.17) is 28.4 Å². The van der Waals surface area contributed by atoms with Crippen LogP contribution >= 0.6 is 0 Å². The summed E-state index contributed by atoms with van der Waals surface area (Å²) in [4.78, 5) is 56.7. The molecule has 2 fully saturated rings. The lowest BCUT2D eigenvalue weighted by atomic mass is 9.75. The molecule has 1 aromatic rings. The molecule has 0 radical (unpaired) electrons. The van der Waals surface area contributed by atoms with Gasteiger partial charge in [-0.15, -0.1) is 0 Å². The number of aromatic hydroxyl groups is 1. The first kappa shape index (κ1) is 40.4. The van der Waals surface area contributed by atoms with E-state index >= 15 is 0 Å². The third kappa shape index (κ3) is 9.35. The van der Waals surface area contributed by atoms with Crippen molar-refractivity contribution in [1.29, 1.82) is 0 Å². The summed E-state index contributed by atoms with van der Waals surface area (Å²) in [6, 6.07) is 3.83. The van der Waals surface area contributed by atoms with Gasteiger partial charge in [-0.3, -0.25) is 19.3 Å². The first-order chi connectivity index (χ1) is 23.7. The number of nitrogens with zero attached hydrogens (tertiary/aromatic N) is 1. The molecule has 0 saturated carbocycles. The number of phenols is 1. The maximum Gasteiger partial charge on any atom is 0.339 e. The van der Waals surface area contributed by atoms with Crippen LogP contribution in [0.15, 0.2) is 12.1 Å². The van der Waals surface area contributed by atoms with Crippen molar-refractivity contribution in [3.8, 4) is 11.5 Å². The summed E-state index contributed by atoms with van der Waals surface area (Å²) in [5, 5.41) is 11.3. The summed E-state index contributed by atoms with van der Waals surface area (Å²) in [5.74, 6) is -2.68. The number of rotatable bonds is 9. The van der Waals surface area contributed by atoms with E-state index in [-0.39, 0.29) is 18.1 Å². The van der Waals surface area contributed by atoms with Gasteiger partial charge in [-0.25, -0.2) is 4.79 Å². The second-order valence-electron chi connectivity index (χ2n) is 17.1. The molecule has 7 atom stereocenters. The lowest BCUT2D eigenvalue weighted by Gasteiger charge is -2.46. The molecule has 12 nitrogen and oxygen atoms in total. The van der Waals surface area contributed by atoms with E-state index < -0.39 is 70.8 Å². The highest BCUT2D eigenvalue weighted by Gasteiger charge is 2.58. The normalized spacial score (nSPS) is 27.0. The van der Waals surface area contributed by atoms with Crippen LogP contribution in [-0.2, 0) is 55.7 Å². The van der Waals surface area contributed by atoms with Crippen molar-refractivity contribution in [1.82, 2.24) is 4.90 Å². The Kier molecular flexibility index (Phi) is 12.4. The number of benzene rings is 1. The molecule has 0 amide bonds. The number of hydrogen-bond acceptors (Lipinski definition) is 12. The Hall–Kier alpha value is -3.38. The van der Waals surface area contributed by atoms with Crippen LogP contribution in [-0.4, -0.2) is 90.3 Å². The van der Waals surface area contributed by atoms with Crippen LogP contribution in [0.5, 0.6) is 11.5 Å². The maximum atomic E-state index is 13.6. The van der Waals surface area contributed by atoms with Crippen molar-refractivity contribution < 1.29 is 52.7 Å². The fourth-order valence-electron chi connectivity index (χ4n) is 6.73. The minimum atomic E-state index is -1.64. The molecule has 3 aliphatic rings. The van der Waals surface area contributed by atoms with Gasteiger partial charge in [0.25, 0.3) is 0 Å². The van der Waals surface area contributed by atoms with Gasteiger partial charge in [-0.1, -0.05) is 13.0 Å². The summed E-state index contributed by atoms with van der Waals surface area (Å²) in [7, 11) is 0. The van der Waals surface area contributed by atoms with E-state index in [1.165, 1.54) is 0 Å². The zero-order valence-corrected chi connectivity index (χ0v) is 32.3. The Morgan fingerprint density at radius 3 is 1.94 bits per heavy atom. The molecule has 2 saturated heterocycles. The van der Waals surface area contributed by atoms with Crippen LogP contribution < -0.4 is 4.74 Å². The molecule has 2 heterocycles. The molecule has 1 aromatic carbocycles. The SMILES string of the molecule is CCCN1CCC[C@@H]2Cc3c(ccc(O)c3O[C@@H]3O[C@H](C(=O)OCC)[C@@H](OC(=O)C(C)(C)C)[C@H](OC(=O)C(C)(C)C)[C@H]3OC(=O)C(C)(C)C)C[C@H]21. The van der Waals surface area contributed by atoms with Crippen molar-refractivity contribution in [2.24, 2.45) is 22.2 Å². The molecular weight excluding hydrogens is 658 g/mol. The minimum Gasteiger partial charge on any atom is -0.504 e. The number of hydrogen-bond donors (Lipinski definition) is 1. The number of piperidine rings is 1. The topological polar surface area (TPSA) is 147 Å². The Morgan fingerprint density at radius 1 is 0.824 bits per heavy atom. The van der Waals surface area contributed by atoms with Crippen LogP contribution in [0.3, 0.4) is 0 Å². The zero-order chi connectivity index (χ0) is 38.1. The van der Waals surface area contributed by atoms with Gasteiger partial charge < -0.3 is 33.5 Å². The summed E-state index contributed by atoms with van der Waals surface area (Å²) >= 11 is 0. The number of ether oxygens (including phenoxy) is 6. The van der Waals surface area contributed by atoms with Crippen LogP contribution in [0.25, 0.3) is 0 Å². The predicted octanol–water partition coefficient (Wildman–Crippen LogP) is 5.52. The van der Waals surface area contributed by atoms with Crippen LogP contribution in [0, 0.1) is 22.2 Å². The second kappa shape index (κ2) is 15.7. The van der Waals surface area contributed by atoms with Crippen LogP contribution in [0.4, 0.5) is 0 Å². The lowest BCUT2D eigenvalue weighted by Crippen LogP contribution is -2.65. The van der Waals surface area contributed by atoms with E-state index in [1.807, 2.05) is 6.07 Å². The van der Waals surface area contributed by atoms with Crippen molar-refractivity contribution in [2.75, 3.05) is 19.7 Å². The van der Waals surface area contributed by atoms with Crippen molar-refractivity contribution >= 4 is 23.9 Å². The average Bonchev–Trinajstić information content (AvgIpc) is 3.02. The van der Waals surface area contributed by atoms with Crippen LogP contribution in [0.2, 0.25) is 0 Å². The van der Waals surface area contributed by atoms with Gasteiger partial charge in [0, 0.05) is 11.6 Å². The van der Waals surface area contributed by atoms with E-state index in [0.29, 0.717) is 18.4 Å². The molecule has 286 valence electrons. The van der Waals surface area contributed by atoms with Gasteiger partial charge in [0.15, 0.2) is 29.8 Å². The zero-order valence-electron chi connectivity index (χ0n) is 32.3. The fraction of sp³-hybridized carbons (Fsp3) is 0.744. The van der Waals surface area contributed by atoms with Gasteiger partial charge in [-0.05, 0) is 132 Å². The minimum absolute atomic E-state index is 0.0242. The van der Waals surface area contributed by atoms with E-state index in [2.05, 4.69) is 11.8 Å². The molecule has 1 aliphatic carbocycles. The van der Waals surface area contributed by atoms with Crippen LogP contribution in [0.1, 0.15) is 107 Å². The van der Waals surface area contributed by atoms with Gasteiger partial charge in [-0.2, -0.15) is 0 Å². The highest BCUT2D eigenvalue weighted by atomic mass is 16.7. The van der Waals surface area contributed by atoms with E-state index in [1.54, 1.807) is 75.3 Å². The van der Waals surface area contributed by atoms with Gasteiger partial charge in [0.1, 0.15) is 0 Å². The Balaban J connectivity index is 1.85. The summed E-state index contributed by atoms with van der Waals surface area (Å²) in [6.07, 6.45) is -3.34. The molecule has 51 heavy (non-hydrogen) atoms. The average molecular weight is 718 g/mol. The molecule has 0 unspecified atom stereocenters. The molecular formula is C39H59NO11. The lowest BCUT2D eigenvalue weighted by molar-refractivity contribution is -0.287. The number of fused-ring (bicyclic) bond motifs is 2. The molecule has 2 aliphatic heterocycles. The molecule has 0 aromatic heterocycles. The third-order valence-corrected chi connectivity index (χ3v) is 9.59. The monoisotopic (exact) mass is 717 g/mol. The third-order valence-electron chi connectivity index (χ3n) is 9.59. The largest absolute Gasteiger partial charge is 0.504 e. The first-order valence-corrected chi connectivity index (χ1v) is 18.4. The quantitative estimate of drug-likeness (QED) is 0.253. The smallest absolute Gasteiger partial charge is 0.339 e. The standard InChI is InChI=1S/C39H59NO11/c1-12-18-40-19-14-15-23-20-24-22(21-25(23)40)16-17-26(41)27(24)47-33-31(51-36(45)39(9,10)11)29(50-35(44)38(6,7)8)28(49-34(43)37(3,4)5)30(48-33)32(42)46-13-2/h16-17,23,25,28-31,33,41H,12-15,18-21H2,1-11H3/t23-,25-,28+,29+,30+,31-,33-/m1/s1. The number of esters is 4. The summed E-state index contributed by atoms with van der Waals surface area (Å²) < 4.78 is 36.2. The number of phenolic OH excluding ortho intramolecular Hbond substituents is 1. The highest BCUT2D eigenvalue weighted by molar-refractivity contribution is 5.80. The van der Waals surface area contributed by atoms with Gasteiger partial charge in [0.2, 0.25) is 12.4 Å². The molecule has 0 bridgehead atoms. The highest BCUT2D eigenvalue weighted by Crippen LogP contribution is 2.44. The van der Waals surface area contributed by atoms with E-state index in [0.717, 1.165) is 49.9 Å². The Bertz CT molecular complexity index is 1430. The Morgan fingerprint density at radius 2 is 1.39 bits per heavy atom. The van der Waals surface area contributed by atoms with Crippen molar-refractivity contribution in [2.45, 2.75) is 145 Å². The number of carbonyl (C=O) groups excluding carboxylic acids is 4. The summed E-state index contributed by atoms with van der Waals surface area (Å²) in [6.45, 7) is 20.7. The molecule has 12 heteroatoms. The fourth-order valence-corrected chi connectivity index (χ4v) is 6.73. The van der Waals surface area contributed by atoms with Crippen molar-refractivity contribution in [3.63, 3.8) is 0 Å². The molecule has 4 rings (SSSR count). The molecule has 1 N–H and O–H groups in total. The molecule has 0 spiro atoms. The van der Waals surface area contributed by atoms with Crippen molar-refractivity contribution in [3.05, 3.63) is 23.3 Å². The number of carbonyl (C=O) groups is 4. The Labute approximate surface area is 302 Å². The van der Waals surface area contributed by atoms with Gasteiger partial charge >= 0.3 is 23.9 Å². The number of likely N-dealkylation sites (tertiary alicyclic amines) is 1. The summed E-state index contributed by atoms with van der Waals surface area (Å²) in [5.41, 5.74) is -1.27. The second-order valence-corrected chi connectivity index (χ2v) is 17.1. The van der Waals surface area contributed by atoms with Gasteiger partial charge in [0.05, 0.1) is 22.9 Å². The maximum absolute atomic E-state index is 13.6. The van der Waals surface area contributed by atoms with E-state index in [9.17, 15) is 24.3 Å².